The summed E-state index contributed by atoms with van der Waals surface area (Å²) in [6.07, 6.45) is 7.58. The van der Waals surface area contributed by atoms with Crippen molar-refractivity contribution in [2.75, 3.05) is 18.0 Å². The van der Waals surface area contributed by atoms with Gasteiger partial charge < -0.3 is 10.1 Å². The third-order valence-corrected chi connectivity index (χ3v) is 7.84. The van der Waals surface area contributed by atoms with Gasteiger partial charge in [0, 0.05) is 25.7 Å². The molecule has 1 aliphatic carbocycles. The summed E-state index contributed by atoms with van der Waals surface area (Å²) in [5.74, 6) is 1.69. The van der Waals surface area contributed by atoms with E-state index in [0.717, 1.165) is 56.9 Å². The molecule has 2 amide bonds. The van der Waals surface area contributed by atoms with Gasteiger partial charge in [-0.25, -0.2) is 4.79 Å². The van der Waals surface area contributed by atoms with Crippen LogP contribution in [-0.4, -0.2) is 47.5 Å². The fourth-order valence-electron chi connectivity index (χ4n) is 6.03. The molecule has 1 saturated carbocycles. The summed E-state index contributed by atoms with van der Waals surface area (Å²) < 4.78 is 5.89. The highest BCUT2D eigenvalue weighted by Gasteiger charge is 2.52. The Labute approximate surface area is 220 Å². The van der Waals surface area contributed by atoms with E-state index in [2.05, 4.69) is 33.4 Å². The number of nitriles is 1. The highest BCUT2D eigenvalue weighted by atomic mass is 16.5. The molecule has 0 radical (unpaired) electrons. The van der Waals surface area contributed by atoms with Crippen molar-refractivity contribution in [3.63, 3.8) is 0 Å². The topological polar surface area (TPSA) is 81.0 Å². The number of nitrogens with one attached hydrogen (secondary N) is 1. The first-order valence-electron chi connectivity index (χ1n) is 13.7. The molecule has 7 heteroatoms. The van der Waals surface area contributed by atoms with E-state index >= 15 is 0 Å². The van der Waals surface area contributed by atoms with Crippen LogP contribution in [0.25, 0.3) is 0 Å². The lowest BCUT2D eigenvalue weighted by atomic mass is 9.83. The molecule has 1 N–H and O–H groups in total. The van der Waals surface area contributed by atoms with Crippen LogP contribution in [0.4, 0.5) is 10.5 Å². The van der Waals surface area contributed by atoms with Gasteiger partial charge in [0.2, 0.25) is 0 Å². The van der Waals surface area contributed by atoms with E-state index in [0.29, 0.717) is 17.3 Å². The van der Waals surface area contributed by atoms with E-state index in [1.807, 2.05) is 49.1 Å². The van der Waals surface area contributed by atoms with Crippen molar-refractivity contribution in [1.29, 1.82) is 5.26 Å². The zero-order valence-corrected chi connectivity index (χ0v) is 21.9. The van der Waals surface area contributed by atoms with Crippen LogP contribution < -0.4 is 15.0 Å². The van der Waals surface area contributed by atoms with E-state index in [-0.39, 0.29) is 12.1 Å². The number of rotatable bonds is 6. The molecular formula is C30H37N5O2. The number of benzene rings is 2. The molecule has 2 aromatic rings. The maximum atomic E-state index is 13.4. The number of anilines is 1. The number of carbonyl (C=O) groups is 1. The first-order chi connectivity index (χ1) is 18.0. The van der Waals surface area contributed by atoms with Crippen molar-refractivity contribution in [1.82, 2.24) is 10.2 Å². The lowest BCUT2D eigenvalue weighted by molar-refractivity contribution is 0.181. The molecule has 0 atom stereocenters. The summed E-state index contributed by atoms with van der Waals surface area (Å²) >= 11 is 0. The number of amides is 2. The molecule has 0 bridgehead atoms. The molecule has 5 rings (SSSR count). The SMILES string of the molecule is CC(C)Oc1cccc(CN2CCC3(CC2)C(NC2CCCCC2)=NC(=O)N3c2ccccc2C#N)c1. The fraction of sp³-hybridized carbons (Fsp3) is 0.500. The monoisotopic (exact) mass is 499 g/mol. The summed E-state index contributed by atoms with van der Waals surface area (Å²) in [7, 11) is 0. The standard InChI is InChI=1S/C30H37N5O2/c1-22(2)37-26-13-8-9-23(19-26)21-34-17-15-30(16-18-34)28(32-25-11-4-3-5-12-25)33-29(36)35(30)27-14-7-6-10-24(27)20-31/h6-10,13-14,19,22,25H,3-5,11-12,15-18,21H2,1-2H3,(H,32,33,36). The number of amidine groups is 1. The molecule has 2 aliphatic heterocycles. The number of nitrogens with zero attached hydrogens (tertiary/aromatic N) is 4. The van der Waals surface area contributed by atoms with Gasteiger partial charge in [-0.3, -0.25) is 9.80 Å². The summed E-state index contributed by atoms with van der Waals surface area (Å²) in [6, 6.07) is 18.1. The summed E-state index contributed by atoms with van der Waals surface area (Å²) in [4.78, 5) is 22.3. The summed E-state index contributed by atoms with van der Waals surface area (Å²) in [5, 5.41) is 13.5. The molecule has 0 aromatic heterocycles. The van der Waals surface area contributed by atoms with Crippen LogP contribution in [0.15, 0.2) is 53.5 Å². The third-order valence-electron chi connectivity index (χ3n) is 7.84. The van der Waals surface area contributed by atoms with Gasteiger partial charge in [-0.2, -0.15) is 10.3 Å². The highest BCUT2D eigenvalue weighted by Crippen LogP contribution is 2.40. The van der Waals surface area contributed by atoms with Crippen LogP contribution in [0.1, 0.15) is 69.9 Å². The molecule has 2 aromatic carbocycles. The zero-order valence-electron chi connectivity index (χ0n) is 21.9. The predicted molar refractivity (Wildman–Crippen MR) is 146 cm³/mol. The zero-order chi connectivity index (χ0) is 25.8. The van der Waals surface area contributed by atoms with E-state index < -0.39 is 5.54 Å². The number of likely N-dealkylation sites (tertiary alicyclic amines) is 1. The number of hydrogen-bond donors (Lipinski definition) is 1. The van der Waals surface area contributed by atoms with Gasteiger partial charge in [0.15, 0.2) is 0 Å². The second-order valence-electron chi connectivity index (χ2n) is 10.8. The molecule has 1 saturated heterocycles. The lowest BCUT2D eigenvalue weighted by Crippen LogP contribution is -2.62. The largest absolute Gasteiger partial charge is 0.491 e. The maximum absolute atomic E-state index is 13.4. The number of aliphatic imine (C=N–C) groups is 1. The predicted octanol–water partition coefficient (Wildman–Crippen LogP) is 5.64. The molecule has 37 heavy (non-hydrogen) atoms. The van der Waals surface area contributed by atoms with E-state index in [9.17, 15) is 10.1 Å². The van der Waals surface area contributed by atoms with Crippen LogP contribution in [0.3, 0.4) is 0 Å². The van der Waals surface area contributed by atoms with Gasteiger partial charge in [0.1, 0.15) is 23.2 Å². The van der Waals surface area contributed by atoms with Crippen LogP contribution in [-0.2, 0) is 6.54 Å². The fourth-order valence-corrected chi connectivity index (χ4v) is 6.03. The maximum Gasteiger partial charge on any atom is 0.350 e. The minimum atomic E-state index is -0.555. The van der Waals surface area contributed by atoms with Crippen molar-refractivity contribution >= 4 is 17.6 Å². The molecule has 2 fully saturated rings. The Hall–Kier alpha value is -3.37. The summed E-state index contributed by atoms with van der Waals surface area (Å²) in [6.45, 7) is 6.57. The molecule has 1 spiro atoms. The molecule has 3 aliphatic rings. The molecular weight excluding hydrogens is 462 g/mol. The van der Waals surface area contributed by atoms with Crippen molar-refractivity contribution in [3.05, 3.63) is 59.7 Å². The number of piperidine rings is 1. The van der Waals surface area contributed by atoms with E-state index in [1.165, 1.54) is 24.8 Å². The lowest BCUT2D eigenvalue weighted by Gasteiger charge is -2.46. The first kappa shape index (κ1) is 25.3. The Morgan fingerprint density at radius 1 is 1.11 bits per heavy atom. The third kappa shape index (κ3) is 5.35. The van der Waals surface area contributed by atoms with Gasteiger partial charge in [-0.05, 0) is 69.4 Å². The number of urea groups is 1. The minimum absolute atomic E-state index is 0.140. The normalized spacial score (nSPS) is 20.2. The van der Waals surface area contributed by atoms with Crippen LogP contribution in [0.2, 0.25) is 0 Å². The van der Waals surface area contributed by atoms with Gasteiger partial charge >= 0.3 is 6.03 Å². The Balaban J connectivity index is 1.38. The average molecular weight is 500 g/mol. The van der Waals surface area contributed by atoms with Crippen molar-refractivity contribution in [2.45, 2.75) is 83.0 Å². The first-order valence-corrected chi connectivity index (χ1v) is 13.7. The number of para-hydroxylation sites is 1. The van der Waals surface area contributed by atoms with Gasteiger partial charge in [0.05, 0.1) is 17.4 Å². The Kier molecular flexibility index (Phi) is 7.48. The van der Waals surface area contributed by atoms with E-state index in [4.69, 9.17) is 4.74 Å². The van der Waals surface area contributed by atoms with Gasteiger partial charge in [-0.15, -0.1) is 0 Å². The van der Waals surface area contributed by atoms with Crippen LogP contribution >= 0.6 is 0 Å². The summed E-state index contributed by atoms with van der Waals surface area (Å²) in [5.41, 5.74) is 1.83. The van der Waals surface area contributed by atoms with Crippen molar-refractivity contribution in [2.24, 2.45) is 4.99 Å². The Bertz CT molecular complexity index is 1190. The van der Waals surface area contributed by atoms with Crippen LogP contribution in [0.5, 0.6) is 5.75 Å². The molecule has 2 heterocycles. The van der Waals surface area contributed by atoms with Gasteiger partial charge in [-0.1, -0.05) is 43.5 Å². The Morgan fingerprint density at radius 3 is 2.59 bits per heavy atom. The number of hydrogen-bond acceptors (Lipinski definition) is 5. The van der Waals surface area contributed by atoms with Crippen LogP contribution in [0, 0.1) is 11.3 Å². The highest BCUT2D eigenvalue weighted by molar-refractivity contribution is 6.16. The Morgan fingerprint density at radius 2 is 1.86 bits per heavy atom. The quantitative estimate of drug-likeness (QED) is 0.556. The second kappa shape index (κ2) is 10.9. The van der Waals surface area contributed by atoms with Crippen molar-refractivity contribution in [3.8, 4) is 11.8 Å². The molecule has 0 unspecified atom stereocenters. The number of ether oxygens (including phenoxy) is 1. The molecule has 194 valence electrons. The van der Waals surface area contributed by atoms with Gasteiger partial charge in [0.25, 0.3) is 0 Å². The molecule has 7 nitrogen and oxygen atoms in total. The average Bonchev–Trinajstić information content (AvgIpc) is 3.15. The van der Waals surface area contributed by atoms with Crippen molar-refractivity contribution < 1.29 is 9.53 Å². The van der Waals surface area contributed by atoms with E-state index in [1.54, 1.807) is 6.07 Å². The smallest absolute Gasteiger partial charge is 0.350 e. The minimum Gasteiger partial charge on any atom is -0.491 e. The second-order valence-corrected chi connectivity index (χ2v) is 10.8. The number of carbonyl (C=O) groups excluding carboxylic acids is 1.